The number of pyridine rings is 1. The summed E-state index contributed by atoms with van der Waals surface area (Å²) < 4.78 is 7.15. The predicted molar refractivity (Wildman–Crippen MR) is 134 cm³/mol. The van der Waals surface area contributed by atoms with E-state index in [1.165, 1.54) is 0 Å². The van der Waals surface area contributed by atoms with Crippen LogP contribution in [0.4, 0.5) is 5.82 Å². The molecule has 4 heterocycles. The van der Waals surface area contributed by atoms with Crippen LogP contribution in [0.15, 0.2) is 48.9 Å². The Morgan fingerprint density at radius 1 is 1.14 bits per heavy atom. The van der Waals surface area contributed by atoms with Crippen molar-refractivity contribution in [3.8, 4) is 17.0 Å². The fraction of sp³-hybridized carbons (Fsp3) is 0.346. The number of ether oxygens (including phenoxy) is 1. The molecule has 0 radical (unpaired) electrons. The van der Waals surface area contributed by atoms with E-state index in [2.05, 4.69) is 27.2 Å². The van der Waals surface area contributed by atoms with Gasteiger partial charge in [0.25, 0.3) is 0 Å². The summed E-state index contributed by atoms with van der Waals surface area (Å²) in [6.07, 6.45) is 6.76. The molecular weight excluding hydrogens is 442 g/mol. The highest BCUT2D eigenvalue weighted by molar-refractivity contribution is 5.92. The van der Waals surface area contributed by atoms with Crippen LogP contribution in [0.25, 0.3) is 22.3 Å². The van der Waals surface area contributed by atoms with Crippen LogP contribution in [0.5, 0.6) is 5.75 Å². The number of nitrogens with one attached hydrogen (secondary N) is 1. The molecule has 1 saturated heterocycles. The zero-order valence-electron chi connectivity index (χ0n) is 20.2. The van der Waals surface area contributed by atoms with E-state index in [9.17, 15) is 4.79 Å². The second kappa shape index (κ2) is 9.79. The van der Waals surface area contributed by atoms with E-state index in [1.807, 2.05) is 41.9 Å². The van der Waals surface area contributed by atoms with E-state index in [0.717, 1.165) is 59.5 Å². The van der Waals surface area contributed by atoms with Gasteiger partial charge >= 0.3 is 0 Å². The summed E-state index contributed by atoms with van der Waals surface area (Å²) in [7, 11) is 3.74. The number of hydrogen-bond donors (Lipinski definition) is 1. The van der Waals surface area contributed by atoms with E-state index in [0.29, 0.717) is 18.1 Å². The van der Waals surface area contributed by atoms with Crippen LogP contribution < -0.4 is 10.1 Å². The lowest BCUT2D eigenvalue weighted by Gasteiger charge is -2.27. The lowest BCUT2D eigenvalue weighted by atomic mass is 9.96. The SMILES string of the molecule is COc1ccc(Cn2nc(C)c3cc(-c4cncc(NC(=O)C5CCN(C)CC5)n4)cnc32)cc1. The van der Waals surface area contributed by atoms with Gasteiger partial charge in [0.1, 0.15) is 5.75 Å². The van der Waals surface area contributed by atoms with Crippen molar-refractivity contribution in [3.63, 3.8) is 0 Å². The number of benzene rings is 1. The number of hydrogen-bond acceptors (Lipinski definition) is 7. The maximum Gasteiger partial charge on any atom is 0.228 e. The summed E-state index contributed by atoms with van der Waals surface area (Å²) in [6.45, 7) is 4.45. The number of methoxy groups -OCH3 is 1. The summed E-state index contributed by atoms with van der Waals surface area (Å²) in [6, 6.07) is 9.96. The molecule has 0 atom stereocenters. The summed E-state index contributed by atoms with van der Waals surface area (Å²) >= 11 is 0. The molecule has 1 N–H and O–H groups in total. The molecular formula is C26H29N7O2. The Labute approximate surface area is 204 Å². The van der Waals surface area contributed by atoms with Gasteiger partial charge in [-0.25, -0.2) is 14.6 Å². The number of anilines is 1. The number of aryl methyl sites for hydroxylation is 1. The van der Waals surface area contributed by atoms with Crippen molar-refractivity contribution < 1.29 is 9.53 Å². The minimum atomic E-state index is 0.00813. The van der Waals surface area contributed by atoms with Gasteiger partial charge in [0.2, 0.25) is 5.91 Å². The molecule has 0 saturated carbocycles. The number of likely N-dealkylation sites (tertiary alicyclic amines) is 1. The number of nitrogens with zero attached hydrogens (tertiary/aromatic N) is 6. The van der Waals surface area contributed by atoms with Crippen molar-refractivity contribution in [1.82, 2.24) is 29.6 Å². The minimum Gasteiger partial charge on any atom is -0.497 e. The third-order valence-electron chi connectivity index (χ3n) is 6.53. The number of amides is 1. The van der Waals surface area contributed by atoms with Crippen LogP contribution in [0, 0.1) is 12.8 Å². The average molecular weight is 472 g/mol. The van der Waals surface area contributed by atoms with Crippen LogP contribution >= 0.6 is 0 Å². The first kappa shape index (κ1) is 22.9. The molecule has 5 rings (SSSR count). The second-order valence-electron chi connectivity index (χ2n) is 9.04. The standard InChI is InChI=1S/C26H29N7O2/c1-17-22-12-20(13-28-25(22)33(31-17)16-18-4-6-21(35-3)7-5-18)23-14-27-15-24(29-23)30-26(34)19-8-10-32(2)11-9-19/h4-7,12-15,19H,8-11,16H2,1-3H3,(H,29,30,34). The normalized spacial score (nSPS) is 14.8. The van der Waals surface area contributed by atoms with Crippen LogP contribution in [-0.4, -0.2) is 62.8 Å². The molecule has 0 spiro atoms. The summed E-state index contributed by atoms with van der Waals surface area (Å²) in [5.74, 6) is 1.30. The quantitative estimate of drug-likeness (QED) is 0.459. The topological polar surface area (TPSA) is 98.1 Å². The van der Waals surface area contributed by atoms with Crippen LogP contribution in [0.1, 0.15) is 24.1 Å². The van der Waals surface area contributed by atoms with E-state index >= 15 is 0 Å². The number of carbonyl (C=O) groups is 1. The van der Waals surface area contributed by atoms with Crippen molar-refractivity contribution in [2.75, 3.05) is 32.6 Å². The zero-order chi connectivity index (χ0) is 24.4. The monoisotopic (exact) mass is 471 g/mol. The van der Waals surface area contributed by atoms with Gasteiger partial charge in [0, 0.05) is 23.1 Å². The Hall–Kier alpha value is -3.85. The Kier molecular flexibility index (Phi) is 6.41. The predicted octanol–water partition coefficient (Wildman–Crippen LogP) is 3.53. The molecule has 9 nitrogen and oxygen atoms in total. The first-order chi connectivity index (χ1) is 17.0. The van der Waals surface area contributed by atoms with Gasteiger partial charge < -0.3 is 15.0 Å². The number of piperidine rings is 1. The van der Waals surface area contributed by atoms with Crippen molar-refractivity contribution in [1.29, 1.82) is 0 Å². The average Bonchev–Trinajstić information content (AvgIpc) is 3.19. The van der Waals surface area contributed by atoms with Gasteiger partial charge in [-0.1, -0.05) is 12.1 Å². The fourth-order valence-electron chi connectivity index (χ4n) is 4.43. The zero-order valence-corrected chi connectivity index (χ0v) is 20.2. The van der Waals surface area contributed by atoms with Crippen LogP contribution in [0.2, 0.25) is 0 Å². The third-order valence-corrected chi connectivity index (χ3v) is 6.53. The summed E-state index contributed by atoms with van der Waals surface area (Å²) in [5, 5.41) is 8.61. The third kappa shape index (κ3) is 5.00. The summed E-state index contributed by atoms with van der Waals surface area (Å²) in [4.78, 5) is 28.6. The Morgan fingerprint density at radius 2 is 1.91 bits per heavy atom. The molecule has 3 aromatic heterocycles. The highest BCUT2D eigenvalue weighted by Crippen LogP contribution is 2.25. The van der Waals surface area contributed by atoms with Gasteiger partial charge in [0.05, 0.1) is 37.4 Å². The van der Waals surface area contributed by atoms with Crippen molar-refractivity contribution in [3.05, 3.63) is 60.2 Å². The Balaban J connectivity index is 1.35. The Bertz CT molecular complexity index is 1340. The first-order valence-electron chi connectivity index (χ1n) is 11.8. The molecule has 1 aliphatic rings. The number of aromatic nitrogens is 5. The second-order valence-corrected chi connectivity index (χ2v) is 9.04. The molecule has 180 valence electrons. The molecule has 0 bridgehead atoms. The molecule has 1 aliphatic heterocycles. The molecule has 35 heavy (non-hydrogen) atoms. The van der Waals surface area contributed by atoms with Gasteiger partial charge in [-0.2, -0.15) is 5.10 Å². The van der Waals surface area contributed by atoms with E-state index < -0.39 is 0 Å². The van der Waals surface area contributed by atoms with Gasteiger partial charge in [-0.05, 0) is 63.7 Å². The highest BCUT2D eigenvalue weighted by atomic mass is 16.5. The van der Waals surface area contributed by atoms with Crippen molar-refractivity contribution >= 4 is 22.8 Å². The molecule has 0 unspecified atom stereocenters. The van der Waals surface area contributed by atoms with Gasteiger partial charge in [0.15, 0.2) is 11.5 Å². The van der Waals surface area contributed by atoms with E-state index in [4.69, 9.17) is 14.8 Å². The molecule has 0 aliphatic carbocycles. The maximum atomic E-state index is 12.7. The van der Waals surface area contributed by atoms with Gasteiger partial charge in [-0.15, -0.1) is 0 Å². The number of carbonyl (C=O) groups excluding carboxylic acids is 1. The highest BCUT2D eigenvalue weighted by Gasteiger charge is 2.23. The molecule has 1 amide bonds. The number of fused-ring (bicyclic) bond motifs is 1. The van der Waals surface area contributed by atoms with Crippen molar-refractivity contribution in [2.45, 2.75) is 26.3 Å². The van der Waals surface area contributed by atoms with Gasteiger partial charge in [-0.3, -0.25) is 9.78 Å². The largest absolute Gasteiger partial charge is 0.497 e. The first-order valence-corrected chi connectivity index (χ1v) is 11.8. The molecule has 4 aromatic rings. The van der Waals surface area contributed by atoms with Crippen LogP contribution in [0.3, 0.4) is 0 Å². The minimum absolute atomic E-state index is 0.00813. The lowest BCUT2D eigenvalue weighted by Crippen LogP contribution is -2.36. The lowest BCUT2D eigenvalue weighted by molar-refractivity contribution is -0.121. The summed E-state index contributed by atoms with van der Waals surface area (Å²) in [5.41, 5.74) is 4.29. The molecule has 1 fully saturated rings. The molecule has 9 heteroatoms. The van der Waals surface area contributed by atoms with E-state index in [1.54, 1.807) is 25.7 Å². The van der Waals surface area contributed by atoms with Crippen molar-refractivity contribution in [2.24, 2.45) is 5.92 Å². The maximum absolute atomic E-state index is 12.7. The fourth-order valence-corrected chi connectivity index (χ4v) is 4.43. The molecule has 1 aromatic carbocycles. The number of rotatable bonds is 6. The Morgan fingerprint density at radius 3 is 2.66 bits per heavy atom. The van der Waals surface area contributed by atoms with E-state index in [-0.39, 0.29) is 11.8 Å². The smallest absolute Gasteiger partial charge is 0.228 e. The van der Waals surface area contributed by atoms with Crippen LogP contribution in [-0.2, 0) is 11.3 Å².